The first kappa shape index (κ1) is 21.5. The third kappa shape index (κ3) is 4.96. The lowest BCUT2D eigenvalue weighted by atomic mass is 9.80. The Kier molecular flexibility index (Phi) is 7.30. The van der Waals surface area contributed by atoms with Gasteiger partial charge in [0, 0.05) is 42.9 Å². The molecule has 5 nitrogen and oxygen atoms in total. The smallest absolute Gasteiger partial charge is 0.217 e. The Labute approximate surface area is 184 Å². The minimum Gasteiger partial charge on any atom is -0.481 e. The third-order valence-electron chi connectivity index (χ3n) is 6.26. The summed E-state index contributed by atoms with van der Waals surface area (Å²) in [5.74, 6) is 1.20. The van der Waals surface area contributed by atoms with Crippen molar-refractivity contribution in [1.82, 2.24) is 15.6 Å². The Balaban J connectivity index is 1.64. The van der Waals surface area contributed by atoms with Crippen molar-refractivity contribution in [3.05, 3.63) is 95.7 Å². The summed E-state index contributed by atoms with van der Waals surface area (Å²) in [5, 5.41) is 17.3. The standard InChI is InChI=1S/C26H31N3O2/c1-31-26-22(13-8-15-27-26)18-28-24-21(14-16-30)17-29-25(24)23(19-9-4-2-5-10-19)20-11-6-3-7-12-20/h2-13,15,21,23-25,28-30H,14,16-18H2,1H3. The molecule has 162 valence electrons. The number of rotatable bonds is 9. The van der Waals surface area contributed by atoms with Crippen LogP contribution < -0.4 is 15.4 Å². The minimum atomic E-state index is 0.189. The van der Waals surface area contributed by atoms with E-state index in [0.717, 1.165) is 18.5 Å². The number of ether oxygens (including phenoxy) is 1. The average Bonchev–Trinajstić information content (AvgIpc) is 3.21. The lowest BCUT2D eigenvalue weighted by Gasteiger charge is -2.32. The molecule has 1 aliphatic rings. The quantitative estimate of drug-likeness (QED) is 0.498. The number of benzene rings is 2. The van der Waals surface area contributed by atoms with Gasteiger partial charge in [0.25, 0.3) is 0 Å². The molecule has 0 bridgehead atoms. The number of hydrogen-bond acceptors (Lipinski definition) is 5. The zero-order valence-electron chi connectivity index (χ0n) is 17.9. The van der Waals surface area contributed by atoms with Crippen molar-refractivity contribution in [2.45, 2.75) is 31.0 Å². The summed E-state index contributed by atoms with van der Waals surface area (Å²) in [6.07, 6.45) is 2.51. The number of aromatic nitrogens is 1. The summed E-state index contributed by atoms with van der Waals surface area (Å²) in [5.41, 5.74) is 3.62. The van der Waals surface area contributed by atoms with Crippen molar-refractivity contribution in [2.24, 2.45) is 5.92 Å². The Morgan fingerprint density at radius 2 is 1.71 bits per heavy atom. The highest BCUT2D eigenvalue weighted by atomic mass is 16.5. The van der Waals surface area contributed by atoms with Gasteiger partial charge in [0.05, 0.1) is 7.11 Å². The largest absolute Gasteiger partial charge is 0.481 e. The fourth-order valence-corrected chi connectivity index (χ4v) is 4.80. The van der Waals surface area contributed by atoms with Crippen LogP contribution in [0.4, 0.5) is 0 Å². The molecule has 5 heteroatoms. The van der Waals surface area contributed by atoms with Gasteiger partial charge in [-0.25, -0.2) is 4.98 Å². The molecule has 0 spiro atoms. The van der Waals surface area contributed by atoms with E-state index in [2.05, 4.69) is 76.3 Å². The molecule has 2 aromatic carbocycles. The normalized spacial score (nSPS) is 20.8. The van der Waals surface area contributed by atoms with Crippen LogP contribution in [0, 0.1) is 5.92 Å². The van der Waals surface area contributed by atoms with Gasteiger partial charge in [-0.2, -0.15) is 0 Å². The van der Waals surface area contributed by atoms with E-state index in [-0.39, 0.29) is 24.6 Å². The van der Waals surface area contributed by atoms with Gasteiger partial charge in [0.15, 0.2) is 0 Å². The van der Waals surface area contributed by atoms with Crippen LogP contribution >= 0.6 is 0 Å². The fourth-order valence-electron chi connectivity index (χ4n) is 4.80. The predicted molar refractivity (Wildman–Crippen MR) is 123 cm³/mol. The van der Waals surface area contributed by atoms with E-state index in [1.165, 1.54) is 11.1 Å². The Hall–Kier alpha value is -2.73. The second kappa shape index (κ2) is 10.5. The molecule has 4 rings (SSSR count). The summed E-state index contributed by atoms with van der Waals surface area (Å²) in [7, 11) is 1.65. The molecule has 0 aliphatic carbocycles. The van der Waals surface area contributed by atoms with E-state index in [1.54, 1.807) is 13.3 Å². The number of nitrogens with one attached hydrogen (secondary N) is 2. The Morgan fingerprint density at radius 3 is 2.32 bits per heavy atom. The highest BCUT2D eigenvalue weighted by Crippen LogP contribution is 2.35. The van der Waals surface area contributed by atoms with Crippen LogP contribution in [-0.2, 0) is 6.54 Å². The molecule has 0 amide bonds. The number of nitrogens with zero attached hydrogens (tertiary/aromatic N) is 1. The third-order valence-corrected chi connectivity index (χ3v) is 6.26. The van der Waals surface area contributed by atoms with Gasteiger partial charge in [-0.1, -0.05) is 66.7 Å². The lowest BCUT2D eigenvalue weighted by molar-refractivity contribution is 0.241. The van der Waals surface area contributed by atoms with Crippen LogP contribution in [0.15, 0.2) is 79.0 Å². The van der Waals surface area contributed by atoms with Crippen molar-refractivity contribution in [2.75, 3.05) is 20.3 Å². The minimum absolute atomic E-state index is 0.189. The highest BCUT2D eigenvalue weighted by Gasteiger charge is 2.40. The lowest BCUT2D eigenvalue weighted by Crippen LogP contribution is -2.46. The summed E-state index contributed by atoms with van der Waals surface area (Å²) in [4.78, 5) is 4.33. The zero-order chi connectivity index (χ0) is 21.5. The van der Waals surface area contributed by atoms with Crippen molar-refractivity contribution in [3.8, 4) is 5.88 Å². The highest BCUT2D eigenvalue weighted by molar-refractivity contribution is 5.36. The van der Waals surface area contributed by atoms with Crippen molar-refractivity contribution in [1.29, 1.82) is 0 Å². The number of aliphatic hydroxyl groups excluding tert-OH is 1. The monoisotopic (exact) mass is 417 g/mol. The molecule has 31 heavy (non-hydrogen) atoms. The maximum atomic E-state index is 9.69. The molecule has 3 N–H and O–H groups in total. The first-order chi connectivity index (χ1) is 15.3. The topological polar surface area (TPSA) is 66.4 Å². The number of hydrogen-bond donors (Lipinski definition) is 3. The van der Waals surface area contributed by atoms with Crippen LogP contribution in [0.1, 0.15) is 29.0 Å². The summed E-state index contributed by atoms with van der Waals surface area (Å²) >= 11 is 0. The fraction of sp³-hybridized carbons (Fsp3) is 0.346. The van der Waals surface area contributed by atoms with Crippen molar-refractivity contribution >= 4 is 0 Å². The van der Waals surface area contributed by atoms with Gasteiger partial charge in [0.2, 0.25) is 5.88 Å². The SMILES string of the molecule is COc1ncccc1CNC1C(CCO)CNC1C(c1ccccc1)c1ccccc1. The summed E-state index contributed by atoms with van der Waals surface area (Å²) in [6.45, 7) is 1.73. The first-order valence-electron chi connectivity index (χ1n) is 11.0. The number of pyridine rings is 1. The van der Waals surface area contributed by atoms with E-state index in [4.69, 9.17) is 4.74 Å². The van der Waals surface area contributed by atoms with E-state index in [0.29, 0.717) is 18.3 Å². The molecule has 3 aromatic rings. The first-order valence-corrected chi connectivity index (χ1v) is 11.0. The Bertz CT molecular complexity index is 896. The maximum Gasteiger partial charge on any atom is 0.217 e. The number of methoxy groups -OCH3 is 1. The molecule has 2 heterocycles. The summed E-state index contributed by atoms with van der Waals surface area (Å²) in [6, 6.07) is 25.8. The average molecular weight is 418 g/mol. The maximum absolute atomic E-state index is 9.69. The van der Waals surface area contributed by atoms with Crippen molar-refractivity contribution < 1.29 is 9.84 Å². The van der Waals surface area contributed by atoms with Gasteiger partial charge < -0.3 is 20.5 Å². The van der Waals surface area contributed by atoms with E-state index < -0.39 is 0 Å². The molecule has 0 radical (unpaired) electrons. The molecule has 1 aliphatic heterocycles. The molecule has 3 unspecified atom stereocenters. The van der Waals surface area contributed by atoms with Gasteiger partial charge in [-0.3, -0.25) is 0 Å². The molecule has 1 saturated heterocycles. The molecule has 1 fully saturated rings. The van der Waals surface area contributed by atoms with E-state index in [1.807, 2.05) is 12.1 Å². The van der Waals surface area contributed by atoms with Gasteiger partial charge >= 0.3 is 0 Å². The second-order valence-electron chi connectivity index (χ2n) is 8.08. The molecule has 1 aromatic heterocycles. The van der Waals surface area contributed by atoms with Crippen LogP contribution in [0.25, 0.3) is 0 Å². The van der Waals surface area contributed by atoms with Gasteiger partial charge in [-0.05, 0) is 36.1 Å². The number of aliphatic hydroxyl groups is 1. The van der Waals surface area contributed by atoms with Gasteiger partial charge in [-0.15, -0.1) is 0 Å². The molecule has 0 saturated carbocycles. The van der Waals surface area contributed by atoms with Crippen LogP contribution in [0.3, 0.4) is 0 Å². The molecular formula is C26H31N3O2. The van der Waals surface area contributed by atoms with Crippen LogP contribution in [-0.4, -0.2) is 42.4 Å². The predicted octanol–water partition coefficient (Wildman–Crippen LogP) is 3.35. The van der Waals surface area contributed by atoms with Crippen LogP contribution in [0.5, 0.6) is 5.88 Å². The van der Waals surface area contributed by atoms with Gasteiger partial charge in [0.1, 0.15) is 0 Å². The van der Waals surface area contributed by atoms with Crippen molar-refractivity contribution in [3.63, 3.8) is 0 Å². The van der Waals surface area contributed by atoms with E-state index >= 15 is 0 Å². The summed E-state index contributed by atoms with van der Waals surface area (Å²) < 4.78 is 5.44. The molecular weight excluding hydrogens is 386 g/mol. The van der Waals surface area contributed by atoms with E-state index in [9.17, 15) is 5.11 Å². The Morgan fingerprint density at radius 1 is 1.03 bits per heavy atom. The molecule has 3 atom stereocenters. The van der Waals surface area contributed by atoms with Crippen LogP contribution in [0.2, 0.25) is 0 Å². The second-order valence-corrected chi connectivity index (χ2v) is 8.08. The zero-order valence-corrected chi connectivity index (χ0v) is 17.9.